The van der Waals surface area contributed by atoms with E-state index in [-0.39, 0.29) is 12.0 Å². The van der Waals surface area contributed by atoms with Crippen LogP contribution >= 0.6 is 0 Å². The van der Waals surface area contributed by atoms with E-state index >= 15 is 0 Å². The smallest absolute Gasteiger partial charge is 0.311 e. The van der Waals surface area contributed by atoms with Crippen molar-refractivity contribution in [2.24, 2.45) is 0 Å². The fourth-order valence-corrected chi connectivity index (χ4v) is 2.37. The molecular weight excluding hydrogens is 306 g/mol. The standard InChI is InChI=1S/C18H17N3O3/c1-24-18(23)12-15-11-17(22)21(20-15)16-9-5-8-14(10-16)19-13-6-3-2-4-7-13/h2-11,19-20H,12H2,1H3. The Balaban J connectivity index is 1.86. The normalized spacial score (nSPS) is 10.4. The molecule has 1 aromatic heterocycles. The molecule has 0 saturated carbocycles. The van der Waals surface area contributed by atoms with Crippen LogP contribution in [0.3, 0.4) is 0 Å². The first-order valence-electron chi connectivity index (χ1n) is 7.46. The molecule has 2 N–H and O–H groups in total. The number of rotatable bonds is 5. The van der Waals surface area contributed by atoms with Gasteiger partial charge in [-0.3, -0.25) is 14.7 Å². The van der Waals surface area contributed by atoms with Gasteiger partial charge in [0.15, 0.2) is 0 Å². The molecule has 0 bridgehead atoms. The third-order valence-corrected chi connectivity index (χ3v) is 3.50. The maximum Gasteiger partial charge on any atom is 0.311 e. The molecule has 0 radical (unpaired) electrons. The minimum atomic E-state index is -0.400. The Hall–Kier alpha value is -3.28. The van der Waals surface area contributed by atoms with Crippen LogP contribution in [0, 0.1) is 0 Å². The van der Waals surface area contributed by atoms with Crippen molar-refractivity contribution in [3.63, 3.8) is 0 Å². The number of methoxy groups -OCH3 is 1. The summed E-state index contributed by atoms with van der Waals surface area (Å²) in [5.41, 5.74) is 2.77. The van der Waals surface area contributed by atoms with Gasteiger partial charge >= 0.3 is 5.97 Å². The number of esters is 1. The van der Waals surface area contributed by atoms with Gasteiger partial charge in [0.2, 0.25) is 0 Å². The Kier molecular flexibility index (Phi) is 4.47. The maximum atomic E-state index is 12.1. The topological polar surface area (TPSA) is 76.1 Å². The van der Waals surface area contributed by atoms with Crippen molar-refractivity contribution < 1.29 is 9.53 Å². The highest BCUT2D eigenvalue weighted by Crippen LogP contribution is 2.18. The van der Waals surface area contributed by atoms with E-state index in [1.54, 1.807) is 0 Å². The Labute approximate surface area is 138 Å². The van der Waals surface area contributed by atoms with Crippen LogP contribution in [0.2, 0.25) is 0 Å². The molecule has 0 aliphatic carbocycles. The molecule has 3 rings (SSSR count). The number of anilines is 2. The predicted octanol–water partition coefficient (Wildman–Crippen LogP) is 2.62. The molecule has 0 aliphatic heterocycles. The number of H-pyrrole nitrogens is 1. The largest absolute Gasteiger partial charge is 0.469 e. The van der Waals surface area contributed by atoms with Gasteiger partial charge in [-0.1, -0.05) is 24.3 Å². The first kappa shape index (κ1) is 15.6. The summed E-state index contributed by atoms with van der Waals surface area (Å²) in [5, 5.41) is 6.21. The summed E-state index contributed by atoms with van der Waals surface area (Å²) in [6.45, 7) is 0. The highest BCUT2D eigenvalue weighted by Gasteiger charge is 2.09. The summed E-state index contributed by atoms with van der Waals surface area (Å²) in [6.07, 6.45) is 0.0285. The first-order chi connectivity index (χ1) is 11.7. The first-order valence-corrected chi connectivity index (χ1v) is 7.46. The molecule has 0 unspecified atom stereocenters. The monoisotopic (exact) mass is 323 g/mol. The molecule has 6 nitrogen and oxygen atoms in total. The van der Waals surface area contributed by atoms with E-state index in [9.17, 15) is 9.59 Å². The second kappa shape index (κ2) is 6.87. The van der Waals surface area contributed by atoms with E-state index in [4.69, 9.17) is 0 Å². The fraction of sp³-hybridized carbons (Fsp3) is 0.111. The van der Waals surface area contributed by atoms with E-state index in [0.717, 1.165) is 11.4 Å². The lowest BCUT2D eigenvalue weighted by Crippen LogP contribution is -2.13. The molecule has 2 aromatic carbocycles. The molecule has 122 valence electrons. The van der Waals surface area contributed by atoms with Crippen molar-refractivity contribution >= 4 is 17.3 Å². The molecule has 6 heteroatoms. The van der Waals surface area contributed by atoms with Crippen LogP contribution in [-0.4, -0.2) is 22.9 Å². The van der Waals surface area contributed by atoms with Gasteiger partial charge in [-0.2, -0.15) is 0 Å². The van der Waals surface area contributed by atoms with E-state index in [1.807, 2.05) is 54.6 Å². The number of aromatic nitrogens is 2. The number of nitrogens with zero attached hydrogens (tertiary/aromatic N) is 1. The van der Waals surface area contributed by atoms with Gasteiger partial charge in [0.05, 0.1) is 19.2 Å². The van der Waals surface area contributed by atoms with Gasteiger partial charge in [0.25, 0.3) is 5.56 Å². The number of nitrogens with one attached hydrogen (secondary N) is 2. The number of hydrogen-bond acceptors (Lipinski definition) is 4. The zero-order valence-electron chi connectivity index (χ0n) is 13.2. The summed E-state index contributed by atoms with van der Waals surface area (Å²) < 4.78 is 6.01. The van der Waals surface area contributed by atoms with Gasteiger partial charge in [0, 0.05) is 23.1 Å². The van der Waals surface area contributed by atoms with E-state index < -0.39 is 5.97 Å². The number of carbonyl (C=O) groups is 1. The summed E-state index contributed by atoms with van der Waals surface area (Å²) in [7, 11) is 1.32. The third-order valence-electron chi connectivity index (χ3n) is 3.50. The van der Waals surface area contributed by atoms with Crippen LogP contribution in [-0.2, 0) is 16.0 Å². The Bertz CT molecular complexity index is 897. The number of para-hydroxylation sites is 1. The lowest BCUT2D eigenvalue weighted by molar-refractivity contribution is -0.139. The van der Waals surface area contributed by atoms with E-state index in [0.29, 0.717) is 11.4 Å². The SMILES string of the molecule is COC(=O)Cc1cc(=O)n(-c2cccc(Nc3ccccc3)c2)[nH]1. The second-order valence-electron chi connectivity index (χ2n) is 5.25. The van der Waals surface area contributed by atoms with Gasteiger partial charge in [-0.15, -0.1) is 0 Å². The van der Waals surface area contributed by atoms with Crippen molar-refractivity contribution in [2.45, 2.75) is 6.42 Å². The minimum absolute atomic E-state index is 0.0285. The molecule has 24 heavy (non-hydrogen) atoms. The Morgan fingerprint density at radius 2 is 1.83 bits per heavy atom. The lowest BCUT2D eigenvalue weighted by atomic mass is 10.2. The Morgan fingerprint density at radius 1 is 1.08 bits per heavy atom. The maximum absolute atomic E-state index is 12.1. The molecule has 0 aliphatic rings. The molecule has 3 aromatic rings. The van der Waals surface area contributed by atoms with Gasteiger partial charge < -0.3 is 10.1 Å². The average Bonchev–Trinajstić information content (AvgIpc) is 2.96. The average molecular weight is 323 g/mol. The van der Waals surface area contributed by atoms with Crippen molar-refractivity contribution in [3.8, 4) is 5.69 Å². The molecule has 0 saturated heterocycles. The zero-order chi connectivity index (χ0) is 16.9. The fourth-order valence-electron chi connectivity index (χ4n) is 2.37. The van der Waals surface area contributed by atoms with Crippen LogP contribution in [0.5, 0.6) is 0 Å². The molecule has 0 spiro atoms. The van der Waals surface area contributed by atoms with Gasteiger partial charge in [0.1, 0.15) is 0 Å². The summed E-state index contributed by atoms with van der Waals surface area (Å²) in [5.74, 6) is -0.400. The van der Waals surface area contributed by atoms with E-state index in [1.165, 1.54) is 17.9 Å². The summed E-state index contributed by atoms with van der Waals surface area (Å²) >= 11 is 0. The van der Waals surface area contributed by atoms with Crippen molar-refractivity contribution in [3.05, 3.63) is 76.7 Å². The number of aromatic amines is 1. The quantitative estimate of drug-likeness (QED) is 0.708. The van der Waals surface area contributed by atoms with Crippen LogP contribution in [0.25, 0.3) is 5.69 Å². The van der Waals surface area contributed by atoms with Crippen molar-refractivity contribution in [2.75, 3.05) is 12.4 Å². The molecule has 0 atom stereocenters. The number of carbonyl (C=O) groups excluding carboxylic acids is 1. The molecule has 0 amide bonds. The predicted molar refractivity (Wildman–Crippen MR) is 91.8 cm³/mol. The van der Waals surface area contributed by atoms with Crippen molar-refractivity contribution in [1.29, 1.82) is 0 Å². The van der Waals surface area contributed by atoms with Gasteiger partial charge in [-0.25, -0.2) is 4.68 Å². The van der Waals surface area contributed by atoms with Crippen LogP contribution in [0.15, 0.2) is 65.5 Å². The van der Waals surface area contributed by atoms with E-state index in [2.05, 4.69) is 15.2 Å². The highest BCUT2D eigenvalue weighted by atomic mass is 16.5. The third kappa shape index (κ3) is 3.55. The summed E-state index contributed by atoms with van der Waals surface area (Å²) in [6, 6.07) is 18.6. The van der Waals surface area contributed by atoms with Crippen LogP contribution in [0.1, 0.15) is 5.69 Å². The number of ether oxygens (including phenoxy) is 1. The number of benzene rings is 2. The van der Waals surface area contributed by atoms with Crippen LogP contribution in [0.4, 0.5) is 11.4 Å². The minimum Gasteiger partial charge on any atom is -0.469 e. The van der Waals surface area contributed by atoms with Crippen LogP contribution < -0.4 is 10.9 Å². The molecular formula is C18H17N3O3. The zero-order valence-corrected chi connectivity index (χ0v) is 13.2. The van der Waals surface area contributed by atoms with Crippen molar-refractivity contribution in [1.82, 2.24) is 9.78 Å². The lowest BCUT2D eigenvalue weighted by Gasteiger charge is -2.08. The molecule has 0 fully saturated rings. The number of hydrogen-bond donors (Lipinski definition) is 2. The Morgan fingerprint density at radius 3 is 2.58 bits per heavy atom. The van der Waals surface area contributed by atoms with Gasteiger partial charge in [-0.05, 0) is 30.3 Å². The molecule has 1 heterocycles. The second-order valence-corrected chi connectivity index (χ2v) is 5.25. The highest BCUT2D eigenvalue weighted by molar-refractivity contribution is 5.71. The summed E-state index contributed by atoms with van der Waals surface area (Å²) in [4.78, 5) is 23.5.